The van der Waals surface area contributed by atoms with Crippen LogP contribution in [-0.2, 0) is 11.4 Å². The molecule has 0 unspecified atom stereocenters. The summed E-state index contributed by atoms with van der Waals surface area (Å²) in [6, 6.07) is 13.2. The maximum atomic E-state index is 13.6. The van der Waals surface area contributed by atoms with Crippen LogP contribution in [0.1, 0.15) is 11.1 Å². The van der Waals surface area contributed by atoms with E-state index in [0.29, 0.717) is 16.9 Å². The Morgan fingerprint density at radius 3 is 2.83 bits per heavy atom. The molecule has 1 heterocycles. The van der Waals surface area contributed by atoms with Crippen LogP contribution in [0.25, 0.3) is 0 Å². The fourth-order valence-corrected chi connectivity index (χ4v) is 2.31. The standard InChI is InChI=1S/C19H17FN6O4/c20-15-7-2-1-5-13(15)11-30-14-6-3-4-12(8-14)9-22-24-16(27)10-21-17-18(28)23-19(29)26-25-17/h1-9H,10-11H2,(H,21,25)(H,24,27)(H2,23,26,28,29)/b22-9+. The average Bonchev–Trinajstić information content (AvgIpc) is 2.73. The zero-order valence-electron chi connectivity index (χ0n) is 15.5. The monoisotopic (exact) mass is 412 g/mol. The molecule has 0 bridgehead atoms. The van der Waals surface area contributed by atoms with Gasteiger partial charge in [-0.25, -0.2) is 19.7 Å². The van der Waals surface area contributed by atoms with Gasteiger partial charge in [0, 0.05) is 5.56 Å². The van der Waals surface area contributed by atoms with E-state index in [1.807, 2.05) is 10.1 Å². The van der Waals surface area contributed by atoms with Crippen LogP contribution in [0.4, 0.5) is 10.2 Å². The second kappa shape index (κ2) is 9.78. The molecular weight excluding hydrogens is 395 g/mol. The summed E-state index contributed by atoms with van der Waals surface area (Å²) in [6.07, 6.45) is 1.40. The van der Waals surface area contributed by atoms with Gasteiger partial charge in [-0.15, -0.1) is 5.10 Å². The molecule has 0 saturated heterocycles. The Bertz CT molecular complexity index is 1170. The Kier molecular flexibility index (Phi) is 6.66. The van der Waals surface area contributed by atoms with E-state index >= 15 is 0 Å². The predicted octanol–water partition coefficient (Wildman–Crippen LogP) is 0.739. The summed E-state index contributed by atoms with van der Waals surface area (Å²) in [6.45, 7) is -0.209. The van der Waals surface area contributed by atoms with Crippen LogP contribution >= 0.6 is 0 Å². The number of nitrogens with one attached hydrogen (secondary N) is 4. The van der Waals surface area contributed by atoms with Gasteiger partial charge in [0.25, 0.3) is 11.5 Å². The zero-order chi connectivity index (χ0) is 21.3. The van der Waals surface area contributed by atoms with Crippen molar-refractivity contribution in [3.63, 3.8) is 0 Å². The summed E-state index contributed by atoms with van der Waals surface area (Å²) in [5.41, 5.74) is 1.87. The highest BCUT2D eigenvalue weighted by Gasteiger charge is 2.05. The minimum Gasteiger partial charge on any atom is -0.489 e. The lowest BCUT2D eigenvalue weighted by molar-refractivity contribution is -0.119. The molecule has 3 aromatic rings. The third-order valence-corrected chi connectivity index (χ3v) is 3.74. The Balaban J connectivity index is 1.50. The van der Waals surface area contributed by atoms with Crippen LogP contribution in [0.5, 0.6) is 5.75 Å². The van der Waals surface area contributed by atoms with Crippen molar-refractivity contribution in [2.24, 2.45) is 5.10 Å². The van der Waals surface area contributed by atoms with Gasteiger partial charge < -0.3 is 10.1 Å². The lowest BCUT2D eigenvalue weighted by Crippen LogP contribution is -2.31. The van der Waals surface area contributed by atoms with Crippen molar-refractivity contribution >= 4 is 17.9 Å². The number of benzene rings is 2. The minimum atomic E-state index is -0.750. The lowest BCUT2D eigenvalue weighted by atomic mass is 10.2. The van der Waals surface area contributed by atoms with E-state index in [-0.39, 0.29) is 24.8 Å². The molecule has 30 heavy (non-hydrogen) atoms. The largest absolute Gasteiger partial charge is 0.489 e. The van der Waals surface area contributed by atoms with Crippen molar-refractivity contribution in [2.45, 2.75) is 6.61 Å². The average molecular weight is 412 g/mol. The number of halogens is 1. The van der Waals surface area contributed by atoms with Gasteiger partial charge in [0.1, 0.15) is 18.2 Å². The van der Waals surface area contributed by atoms with E-state index in [4.69, 9.17) is 4.74 Å². The van der Waals surface area contributed by atoms with Crippen LogP contribution in [0.2, 0.25) is 0 Å². The van der Waals surface area contributed by atoms with Gasteiger partial charge >= 0.3 is 5.69 Å². The summed E-state index contributed by atoms with van der Waals surface area (Å²) in [5.74, 6) is -0.566. The first kappa shape index (κ1) is 20.5. The van der Waals surface area contributed by atoms with E-state index in [0.717, 1.165) is 0 Å². The SMILES string of the molecule is O=C(CNc1n[nH]c(=O)[nH]c1=O)N/N=C/c1cccc(OCc2ccccc2F)c1. The first-order valence-electron chi connectivity index (χ1n) is 8.72. The third-order valence-electron chi connectivity index (χ3n) is 3.74. The van der Waals surface area contributed by atoms with Crippen molar-refractivity contribution in [1.82, 2.24) is 20.6 Å². The number of hydrogen-bond acceptors (Lipinski definition) is 7. The van der Waals surface area contributed by atoms with Gasteiger partial charge in [0.05, 0.1) is 12.8 Å². The molecule has 1 aromatic heterocycles. The van der Waals surface area contributed by atoms with Crippen molar-refractivity contribution < 1.29 is 13.9 Å². The van der Waals surface area contributed by atoms with E-state index < -0.39 is 17.2 Å². The number of H-pyrrole nitrogens is 2. The van der Waals surface area contributed by atoms with Crippen LogP contribution < -0.4 is 26.7 Å². The summed E-state index contributed by atoms with van der Waals surface area (Å²) < 4.78 is 19.2. The first-order chi connectivity index (χ1) is 14.5. The number of aromatic nitrogens is 3. The van der Waals surface area contributed by atoms with Crippen LogP contribution in [0, 0.1) is 5.82 Å². The zero-order valence-corrected chi connectivity index (χ0v) is 15.5. The molecule has 3 rings (SSSR count). The summed E-state index contributed by atoms with van der Waals surface area (Å²) >= 11 is 0. The molecule has 154 valence electrons. The summed E-state index contributed by atoms with van der Waals surface area (Å²) in [7, 11) is 0. The number of carbonyl (C=O) groups excluding carboxylic acids is 1. The van der Waals surface area contributed by atoms with Gasteiger partial charge in [-0.05, 0) is 23.8 Å². The second-order valence-electron chi connectivity index (χ2n) is 5.95. The molecule has 0 aliphatic rings. The van der Waals surface area contributed by atoms with Gasteiger partial charge in [-0.3, -0.25) is 14.6 Å². The molecular formula is C19H17FN6O4. The summed E-state index contributed by atoms with van der Waals surface area (Å²) in [5, 5.41) is 11.8. The fraction of sp³-hybridized carbons (Fsp3) is 0.105. The Labute approximate surface area is 168 Å². The molecule has 2 aromatic carbocycles. The molecule has 11 heteroatoms. The Hall–Kier alpha value is -4.28. The van der Waals surface area contributed by atoms with Crippen molar-refractivity contribution in [3.05, 3.63) is 86.3 Å². The van der Waals surface area contributed by atoms with Gasteiger partial charge in [-0.2, -0.15) is 5.10 Å². The molecule has 10 nitrogen and oxygen atoms in total. The Morgan fingerprint density at radius 1 is 1.20 bits per heavy atom. The predicted molar refractivity (Wildman–Crippen MR) is 107 cm³/mol. The maximum Gasteiger partial charge on any atom is 0.342 e. The van der Waals surface area contributed by atoms with Crippen LogP contribution in [0.3, 0.4) is 0 Å². The van der Waals surface area contributed by atoms with Crippen molar-refractivity contribution in [2.75, 3.05) is 11.9 Å². The van der Waals surface area contributed by atoms with Crippen LogP contribution in [0.15, 0.2) is 63.2 Å². The number of rotatable bonds is 8. The molecule has 0 saturated carbocycles. The molecule has 0 atom stereocenters. The fourth-order valence-electron chi connectivity index (χ4n) is 2.31. The number of nitrogens with zero attached hydrogens (tertiary/aromatic N) is 2. The van der Waals surface area contributed by atoms with Gasteiger partial charge in [0.15, 0.2) is 0 Å². The highest BCUT2D eigenvalue weighted by Crippen LogP contribution is 2.15. The molecule has 0 spiro atoms. The first-order valence-corrected chi connectivity index (χ1v) is 8.72. The number of carbonyl (C=O) groups is 1. The van der Waals surface area contributed by atoms with Crippen LogP contribution in [-0.4, -0.2) is 33.8 Å². The number of aromatic amines is 2. The summed E-state index contributed by atoms with van der Waals surface area (Å²) in [4.78, 5) is 36.1. The topological polar surface area (TPSA) is 141 Å². The highest BCUT2D eigenvalue weighted by atomic mass is 19.1. The van der Waals surface area contributed by atoms with Gasteiger partial charge in [0.2, 0.25) is 5.82 Å². The minimum absolute atomic E-state index is 0.0770. The molecule has 4 N–H and O–H groups in total. The number of amides is 1. The number of hydrazone groups is 1. The number of anilines is 1. The van der Waals surface area contributed by atoms with E-state index in [1.54, 1.807) is 42.5 Å². The highest BCUT2D eigenvalue weighted by molar-refractivity contribution is 5.84. The smallest absolute Gasteiger partial charge is 0.342 e. The molecule has 0 radical (unpaired) electrons. The molecule has 1 amide bonds. The van der Waals surface area contributed by atoms with E-state index in [9.17, 15) is 18.8 Å². The van der Waals surface area contributed by atoms with Crippen molar-refractivity contribution in [3.8, 4) is 5.75 Å². The second-order valence-corrected chi connectivity index (χ2v) is 5.95. The lowest BCUT2D eigenvalue weighted by Gasteiger charge is -2.07. The number of ether oxygens (including phenoxy) is 1. The quantitative estimate of drug-likeness (QED) is 0.318. The van der Waals surface area contributed by atoms with Crippen molar-refractivity contribution in [1.29, 1.82) is 0 Å². The third kappa shape index (κ3) is 5.86. The number of hydrogen-bond donors (Lipinski definition) is 4. The van der Waals surface area contributed by atoms with E-state index in [2.05, 4.69) is 20.9 Å². The van der Waals surface area contributed by atoms with E-state index in [1.165, 1.54) is 12.3 Å². The molecule has 0 aliphatic heterocycles. The normalized spacial score (nSPS) is 10.7. The maximum absolute atomic E-state index is 13.6. The molecule has 0 aliphatic carbocycles. The Morgan fingerprint density at radius 2 is 2.03 bits per heavy atom. The molecule has 0 fully saturated rings. The van der Waals surface area contributed by atoms with Gasteiger partial charge in [-0.1, -0.05) is 30.3 Å².